The molecule has 0 aliphatic carbocycles. The molecule has 0 saturated heterocycles. The van der Waals surface area contributed by atoms with Crippen molar-refractivity contribution in [3.8, 4) is 39.9 Å². The lowest BCUT2D eigenvalue weighted by Gasteiger charge is -2.16. The first-order valence-electron chi connectivity index (χ1n) is 6.63. The van der Waals surface area contributed by atoms with Crippen LogP contribution in [0.2, 0.25) is 0 Å². The summed E-state index contributed by atoms with van der Waals surface area (Å²) in [6.07, 6.45) is 0. The number of hydrogen-bond donors (Lipinski definition) is 0. The average molecular weight is 303 g/mol. The first-order chi connectivity index (χ1) is 10.7. The highest BCUT2D eigenvalue weighted by molar-refractivity contribution is 5.76. The first kappa shape index (κ1) is 15.8. The van der Waals surface area contributed by atoms with Gasteiger partial charge >= 0.3 is 0 Å². The van der Waals surface area contributed by atoms with Crippen molar-refractivity contribution in [2.75, 3.05) is 35.5 Å². The highest BCUT2D eigenvalue weighted by Gasteiger charge is 2.16. The Balaban J connectivity index is 2.62. The van der Waals surface area contributed by atoms with E-state index >= 15 is 0 Å². The van der Waals surface area contributed by atoms with Gasteiger partial charge in [0, 0.05) is 5.56 Å². The van der Waals surface area contributed by atoms with E-state index in [2.05, 4.69) is 6.07 Å². The average Bonchev–Trinajstić information content (AvgIpc) is 2.59. The van der Waals surface area contributed by atoms with Crippen molar-refractivity contribution < 1.29 is 23.7 Å². The van der Waals surface area contributed by atoms with Crippen LogP contribution >= 0.6 is 0 Å². The van der Waals surface area contributed by atoms with E-state index in [0.29, 0.717) is 28.7 Å². The third kappa shape index (κ3) is 2.88. The predicted octanol–water partition coefficient (Wildman–Crippen LogP) is 3.20. The molecule has 0 heterocycles. The van der Waals surface area contributed by atoms with Crippen LogP contribution in [0, 0.1) is 6.07 Å². The molecule has 117 valence electrons. The van der Waals surface area contributed by atoms with Gasteiger partial charge in [-0.1, -0.05) is 0 Å². The summed E-state index contributed by atoms with van der Waals surface area (Å²) in [6, 6.07) is 10.5. The van der Waals surface area contributed by atoms with Crippen molar-refractivity contribution in [3.63, 3.8) is 0 Å². The van der Waals surface area contributed by atoms with Crippen molar-refractivity contribution in [2.24, 2.45) is 0 Å². The van der Waals surface area contributed by atoms with Gasteiger partial charge in [-0.3, -0.25) is 0 Å². The third-order valence-corrected chi connectivity index (χ3v) is 3.28. The van der Waals surface area contributed by atoms with Gasteiger partial charge in [0.25, 0.3) is 0 Å². The van der Waals surface area contributed by atoms with Crippen LogP contribution in [0.4, 0.5) is 0 Å². The number of benzene rings is 2. The van der Waals surface area contributed by atoms with Crippen LogP contribution in [0.5, 0.6) is 28.7 Å². The zero-order valence-electron chi connectivity index (χ0n) is 13.4. The molecule has 0 aromatic heterocycles. The molecule has 0 N–H and O–H groups in total. The van der Waals surface area contributed by atoms with Crippen molar-refractivity contribution in [1.82, 2.24) is 0 Å². The Bertz CT molecular complexity index is 626. The molecule has 2 aromatic rings. The van der Waals surface area contributed by atoms with Gasteiger partial charge in [0.2, 0.25) is 5.75 Å². The minimum absolute atomic E-state index is 0.546. The van der Waals surface area contributed by atoms with Crippen LogP contribution in [0.1, 0.15) is 0 Å². The molecule has 2 rings (SSSR count). The van der Waals surface area contributed by atoms with Crippen molar-refractivity contribution in [3.05, 3.63) is 30.3 Å². The van der Waals surface area contributed by atoms with Crippen LogP contribution in [0.15, 0.2) is 24.3 Å². The molecule has 2 aromatic carbocycles. The molecule has 0 atom stereocenters. The number of hydrogen-bond acceptors (Lipinski definition) is 5. The number of methoxy groups -OCH3 is 5. The second-order valence-corrected chi connectivity index (χ2v) is 4.39. The smallest absolute Gasteiger partial charge is 0.203 e. The van der Waals surface area contributed by atoms with E-state index in [9.17, 15) is 0 Å². The normalized spacial score (nSPS) is 10.0. The lowest BCUT2D eigenvalue weighted by molar-refractivity contribution is 0.324. The quantitative estimate of drug-likeness (QED) is 0.820. The second kappa shape index (κ2) is 6.93. The largest absolute Gasteiger partial charge is 0.496 e. The monoisotopic (exact) mass is 303 g/mol. The fourth-order valence-corrected chi connectivity index (χ4v) is 2.20. The lowest BCUT2D eigenvalue weighted by atomic mass is 10.0. The maximum atomic E-state index is 5.40. The van der Waals surface area contributed by atoms with E-state index in [1.165, 1.54) is 0 Å². The lowest BCUT2D eigenvalue weighted by Crippen LogP contribution is -1.97. The third-order valence-electron chi connectivity index (χ3n) is 3.28. The molecule has 5 nitrogen and oxygen atoms in total. The molecular weight excluding hydrogens is 284 g/mol. The molecule has 0 bridgehead atoms. The van der Waals surface area contributed by atoms with E-state index in [1.807, 2.05) is 24.3 Å². The standard InChI is InChI=1S/C17H19O5/c1-18-12-6-7-13(14(10-12)19-2)11-8-15(20-3)17(22-5)16(9-11)21-4/h6-9H,1-5H3. The van der Waals surface area contributed by atoms with Gasteiger partial charge in [0.05, 0.1) is 41.6 Å². The van der Waals surface area contributed by atoms with Crippen molar-refractivity contribution in [1.29, 1.82) is 0 Å². The summed E-state index contributed by atoms with van der Waals surface area (Å²) in [4.78, 5) is 0. The van der Waals surface area contributed by atoms with E-state index in [4.69, 9.17) is 23.7 Å². The molecule has 0 aliphatic rings. The maximum Gasteiger partial charge on any atom is 0.203 e. The van der Waals surface area contributed by atoms with E-state index < -0.39 is 0 Å². The molecular formula is C17H19O5. The molecule has 0 amide bonds. The molecule has 5 heteroatoms. The molecule has 22 heavy (non-hydrogen) atoms. The summed E-state index contributed by atoms with van der Waals surface area (Å²) < 4.78 is 26.7. The molecule has 0 fully saturated rings. The summed E-state index contributed by atoms with van der Waals surface area (Å²) in [5.74, 6) is 2.89. The van der Waals surface area contributed by atoms with Crippen LogP contribution in [-0.2, 0) is 0 Å². The summed E-state index contributed by atoms with van der Waals surface area (Å²) in [6.45, 7) is 0. The minimum Gasteiger partial charge on any atom is -0.496 e. The molecule has 0 aliphatic heterocycles. The van der Waals surface area contributed by atoms with Gasteiger partial charge in [-0.2, -0.15) is 0 Å². The van der Waals surface area contributed by atoms with Gasteiger partial charge in [-0.15, -0.1) is 0 Å². The Morgan fingerprint density at radius 2 is 1.36 bits per heavy atom. The van der Waals surface area contributed by atoms with Gasteiger partial charge in [0.1, 0.15) is 11.5 Å². The summed E-state index contributed by atoms with van der Waals surface area (Å²) >= 11 is 0. The SMILES string of the molecule is COc1[c]c(OC)c(-c2cc(OC)c(OC)c(OC)c2)cc1. The fraction of sp³-hybridized carbons (Fsp3) is 0.294. The molecule has 0 saturated carbocycles. The Morgan fingerprint density at radius 3 is 1.82 bits per heavy atom. The fourth-order valence-electron chi connectivity index (χ4n) is 2.20. The molecule has 1 radical (unpaired) electrons. The van der Waals surface area contributed by atoms with Gasteiger partial charge in [0.15, 0.2) is 11.5 Å². The highest BCUT2D eigenvalue weighted by Crippen LogP contribution is 2.43. The van der Waals surface area contributed by atoms with Gasteiger partial charge in [-0.05, 0) is 29.8 Å². The van der Waals surface area contributed by atoms with Gasteiger partial charge < -0.3 is 23.7 Å². The number of rotatable bonds is 6. The van der Waals surface area contributed by atoms with Crippen molar-refractivity contribution in [2.45, 2.75) is 0 Å². The van der Waals surface area contributed by atoms with Crippen LogP contribution in [0.25, 0.3) is 11.1 Å². The van der Waals surface area contributed by atoms with Crippen molar-refractivity contribution >= 4 is 0 Å². The Labute approximate surface area is 130 Å². The van der Waals surface area contributed by atoms with E-state index in [-0.39, 0.29) is 0 Å². The van der Waals surface area contributed by atoms with Crippen LogP contribution < -0.4 is 23.7 Å². The summed E-state index contributed by atoms with van der Waals surface area (Å²) in [7, 11) is 7.91. The molecule has 0 spiro atoms. The second-order valence-electron chi connectivity index (χ2n) is 4.39. The Hall–Kier alpha value is -2.56. The topological polar surface area (TPSA) is 46.2 Å². The Kier molecular flexibility index (Phi) is 4.99. The van der Waals surface area contributed by atoms with E-state index in [1.54, 1.807) is 35.5 Å². The first-order valence-corrected chi connectivity index (χ1v) is 6.63. The predicted molar refractivity (Wildman–Crippen MR) is 83.5 cm³/mol. The highest BCUT2D eigenvalue weighted by atomic mass is 16.5. The number of ether oxygens (including phenoxy) is 5. The minimum atomic E-state index is 0.546. The molecule has 0 unspecified atom stereocenters. The summed E-state index contributed by atoms with van der Waals surface area (Å²) in [5, 5.41) is 0. The zero-order chi connectivity index (χ0) is 16.1. The maximum absolute atomic E-state index is 5.40. The van der Waals surface area contributed by atoms with Crippen LogP contribution in [0.3, 0.4) is 0 Å². The van der Waals surface area contributed by atoms with E-state index in [0.717, 1.165) is 11.1 Å². The Morgan fingerprint density at radius 1 is 0.727 bits per heavy atom. The summed E-state index contributed by atoms with van der Waals surface area (Å²) in [5.41, 5.74) is 1.72. The van der Waals surface area contributed by atoms with Crippen LogP contribution in [-0.4, -0.2) is 35.5 Å². The van der Waals surface area contributed by atoms with Gasteiger partial charge in [-0.25, -0.2) is 0 Å². The zero-order valence-corrected chi connectivity index (χ0v) is 13.4.